The molecule has 0 spiro atoms. The zero-order valence-corrected chi connectivity index (χ0v) is 9.14. The van der Waals surface area contributed by atoms with Gasteiger partial charge in [0.05, 0.1) is 11.4 Å². The van der Waals surface area contributed by atoms with Gasteiger partial charge < -0.3 is 15.2 Å². The second-order valence-corrected chi connectivity index (χ2v) is 3.83. The largest absolute Gasteiger partial charge is 0.480 e. The Morgan fingerprint density at radius 2 is 2.25 bits per heavy atom. The predicted octanol–water partition coefficient (Wildman–Crippen LogP) is 1.04. The zero-order chi connectivity index (χ0) is 11.9. The van der Waals surface area contributed by atoms with Crippen molar-refractivity contribution in [1.29, 1.82) is 0 Å². The van der Waals surface area contributed by atoms with Crippen molar-refractivity contribution in [2.24, 2.45) is 5.73 Å². The van der Waals surface area contributed by atoms with E-state index in [4.69, 9.17) is 10.8 Å². The molecule has 2 heterocycles. The number of nitrogens with two attached hydrogens (primary N) is 1. The second-order valence-electron chi connectivity index (χ2n) is 3.83. The summed E-state index contributed by atoms with van der Waals surface area (Å²) in [4.78, 5) is 15.2. The average molecular weight is 219 g/mol. The van der Waals surface area contributed by atoms with Gasteiger partial charge in [-0.2, -0.15) is 0 Å². The fraction of sp³-hybridized carbons (Fsp3) is 0.273. The second kappa shape index (κ2) is 3.61. The molecule has 0 bridgehead atoms. The summed E-state index contributed by atoms with van der Waals surface area (Å²) >= 11 is 0. The quantitative estimate of drug-likeness (QED) is 0.790. The summed E-state index contributed by atoms with van der Waals surface area (Å²) in [6.07, 6.45) is 1.79. The molecule has 5 nitrogen and oxygen atoms in total. The number of pyridine rings is 1. The van der Waals surface area contributed by atoms with E-state index in [-0.39, 0.29) is 0 Å². The van der Waals surface area contributed by atoms with Crippen LogP contribution >= 0.6 is 0 Å². The number of rotatable bonds is 2. The van der Waals surface area contributed by atoms with E-state index in [0.29, 0.717) is 11.4 Å². The van der Waals surface area contributed by atoms with Gasteiger partial charge in [0.25, 0.3) is 0 Å². The van der Waals surface area contributed by atoms with Gasteiger partial charge in [-0.05, 0) is 31.5 Å². The third kappa shape index (κ3) is 1.55. The smallest absolute Gasteiger partial charge is 0.326 e. The molecule has 2 aromatic heterocycles. The van der Waals surface area contributed by atoms with Crippen molar-refractivity contribution in [3.05, 3.63) is 35.3 Å². The van der Waals surface area contributed by atoms with E-state index in [0.717, 1.165) is 11.2 Å². The highest BCUT2D eigenvalue weighted by atomic mass is 16.4. The number of nitrogens with zero attached hydrogens (tertiary/aromatic N) is 2. The number of aromatic nitrogens is 2. The molecule has 2 rings (SSSR count). The lowest BCUT2D eigenvalue weighted by Crippen LogP contribution is -2.23. The van der Waals surface area contributed by atoms with Crippen molar-refractivity contribution in [3.8, 4) is 0 Å². The summed E-state index contributed by atoms with van der Waals surface area (Å²) in [7, 11) is 0. The standard InChI is InChI=1S/C11H13N3O2/c1-6-3-4-14-8(5-6)13-7(2)10(14)9(12)11(15)16/h3-5,9H,12H2,1-2H3,(H,15,16). The molecule has 0 amide bonds. The highest BCUT2D eigenvalue weighted by Crippen LogP contribution is 2.18. The third-order valence-corrected chi connectivity index (χ3v) is 2.56. The minimum Gasteiger partial charge on any atom is -0.480 e. The van der Waals surface area contributed by atoms with Gasteiger partial charge in [-0.25, -0.2) is 4.98 Å². The van der Waals surface area contributed by atoms with Crippen LogP contribution in [0.3, 0.4) is 0 Å². The molecule has 2 aromatic rings. The molecule has 84 valence electrons. The maximum absolute atomic E-state index is 10.9. The van der Waals surface area contributed by atoms with E-state index in [9.17, 15) is 4.79 Å². The van der Waals surface area contributed by atoms with Gasteiger partial charge in [0, 0.05) is 6.20 Å². The van der Waals surface area contributed by atoms with Crippen molar-refractivity contribution in [3.63, 3.8) is 0 Å². The highest BCUT2D eigenvalue weighted by Gasteiger charge is 2.21. The monoisotopic (exact) mass is 219 g/mol. The molecular weight excluding hydrogens is 206 g/mol. The van der Waals surface area contributed by atoms with Crippen LogP contribution in [0.4, 0.5) is 0 Å². The normalized spacial score (nSPS) is 12.9. The van der Waals surface area contributed by atoms with Crippen LogP contribution in [0.25, 0.3) is 5.65 Å². The summed E-state index contributed by atoms with van der Waals surface area (Å²) in [6, 6.07) is 2.75. The summed E-state index contributed by atoms with van der Waals surface area (Å²) in [6.45, 7) is 3.72. The van der Waals surface area contributed by atoms with Gasteiger partial charge in [0.1, 0.15) is 11.7 Å². The number of fused-ring (bicyclic) bond motifs is 1. The minimum atomic E-state index is -1.05. The molecule has 0 radical (unpaired) electrons. The maximum Gasteiger partial charge on any atom is 0.326 e. The minimum absolute atomic E-state index is 0.530. The maximum atomic E-state index is 10.9. The van der Waals surface area contributed by atoms with Crippen LogP contribution in [-0.2, 0) is 4.79 Å². The van der Waals surface area contributed by atoms with Crippen LogP contribution < -0.4 is 5.73 Å². The molecule has 0 saturated heterocycles. The first-order valence-corrected chi connectivity index (χ1v) is 4.94. The van der Waals surface area contributed by atoms with Crippen molar-refractivity contribution in [1.82, 2.24) is 9.38 Å². The molecule has 16 heavy (non-hydrogen) atoms. The molecule has 0 saturated carbocycles. The van der Waals surface area contributed by atoms with E-state index in [1.54, 1.807) is 17.5 Å². The molecule has 1 unspecified atom stereocenters. The van der Waals surface area contributed by atoms with Gasteiger partial charge in [-0.3, -0.25) is 4.79 Å². The van der Waals surface area contributed by atoms with E-state index in [1.165, 1.54) is 0 Å². The number of imidazole rings is 1. The molecule has 0 aromatic carbocycles. The van der Waals surface area contributed by atoms with E-state index in [2.05, 4.69) is 4.98 Å². The Bertz CT molecular complexity index is 560. The summed E-state index contributed by atoms with van der Waals surface area (Å²) in [5, 5.41) is 8.93. The number of carbonyl (C=O) groups is 1. The molecule has 3 N–H and O–H groups in total. The first-order chi connectivity index (χ1) is 7.50. The van der Waals surface area contributed by atoms with Crippen LogP contribution in [-0.4, -0.2) is 20.5 Å². The van der Waals surface area contributed by atoms with Crippen molar-refractivity contribution in [2.75, 3.05) is 0 Å². The van der Waals surface area contributed by atoms with Gasteiger partial charge >= 0.3 is 5.97 Å². The van der Waals surface area contributed by atoms with Crippen molar-refractivity contribution in [2.45, 2.75) is 19.9 Å². The predicted molar refractivity (Wildman–Crippen MR) is 59.2 cm³/mol. The fourth-order valence-corrected chi connectivity index (χ4v) is 1.77. The molecule has 0 aliphatic carbocycles. The average Bonchev–Trinajstić information content (AvgIpc) is 2.51. The first-order valence-electron chi connectivity index (χ1n) is 4.94. The number of aryl methyl sites for hydroxylation is 2. The summed E-state index contributed by atoms with van der Waals surface area (Å²) in [5.74, 6) is -1.05. The van der Waals surface area contributed by atoms with Crippen molar-refractivity contribution >= 4 is 11.6 Å². The summed E-state index contributed by atoms with van der Waals surface area (Å²) < 4.78 is 1.72. The molecule has 0 aliphatic rings. The zero-order valence-electron chi connectivity index (χ0n) is 9.14. The Morgan fingerprint density at radius 3 is 2.88 bits per heavy atom. The van der Waals surface area contributed by atoms with E-state index in [1.807, 2.05) is 19.1 Å². The Kier molecular flexibility index (Phi) is 2.40. The van der Waals surface area contributed by atoms with Gasteiger partial charge in [-0.15, -0.1) is 0 Å². The lowest BCUT2D eigenvalue weighted by atomic mass is 10.2. The molecule has 0 aliphatic heterocycles. The topological polar surface area (TPSA) is 80.6 Å². The number of carboxylic acids is 1. The number of hydrogen-bond acceptors (Lipinski definition) is 3. The molecule has 1 atom stereocenters. The lowest BCUT2D eigenvalue weighted by molar-refractivity contribution is -0.138. The van der Waals surface area contributed by atoms with Crippen LogP contribution in [0.1, 0.15) is 23.0 Å². The Hall–Kier alpha value is -1.88. The van der Waals surface area contributed by atoms with Crippen LogP contribution in [0, 0.1) is 13.8 Å². The highest BCUT2D eigenvalue weighted by molar-refractivity contribution is 5.75. The number of hydrogen-bond donors (Lipinski definition) is 2. The lowest BCUT2D eigenvalue weighted by Gasteiger charge is -2.07. The number of carboxylic acid groups (broad SMARTS) is 1. The van der Waals surface area contributed by atoms with Crippen LogP contribution in [0.15, 0.2) is 18.3 Å². The van der Waals surface area contributed by atoms with E-state index >= 15 is 0 Å². The van der Waals surface area contributed by atoms with Crippen LogP contribution in [0.5, 0.6) is 0 Å². The first kappa shape index (κ1) is 10.6. The van der Waals surface area contributed by atoms with Gasteiger partial charge in [-0.1, -0.05) is 0 Å². The Balaban J connectivity index is 2.69. The van der Waals surface area contributed by atoms with E-state index < -0.39 is 12.0 Å². The van der Waals surface area contributed by atoms with Gasteiger partial charge in [0.2, 0.25) is 0 Å². The van der Waals surface area contributed by atoms with Gasteiger partial charge in [0.15, 0.2) is 0 Å². The molecular formula is C11H13N3O2. The van der Waals surface area contributed by atoms with Crippen molar-refractivity contribution < 1.29 is 9.90 Å². The fourth-order valence-electron chi connectivity index (χ4n) is 1.77. The third-order valence-electron chi connectivity index (χ3n) is 2.56. The molecule has 0 fully saturated rings. The SMILES string of the molecule is Cc1ccn2c(C(N)C(=O)O)c(C)nc2c1. The Morgan fingerprint density at radius 1 is 1.56 bits per heavy atom. The molecule has 5 heteroatoms. The Labute approximate surface area is 92.5 Å². The number of aliphatic carboxylic acids is 1. The summed E-state index contributed by atoms with van der Waals surface area (Å²) in [5.41, 5.74) is 8.61. The van der Waals surface area contributed by atoms with Crippen LogP contribution in [0.2, 0.25) is 0 Å².